The molecular weight excluding hydrogens is 338 g/mol. The summed E-state index contributed by atoms with van der Waals surface area (Å²) in [5.41, 5.74) is 0.0561. The summed E-state index contributed by atoms with van der Waals surface area (Å²) in [5, 5.41) is 14.6. The first-order valence-corrected chi connectivity index (χ1v) is 8.99. The van der Waals surface area contributed by atoms with Crippen LogP contribution in [0.25, 0.3) is 0 Å². The molecular formula is C14H21N3O4S2. The van der Waals surface area contributed by atoms with E-state index in [2.05, 4.69) is 15.3 Å². The first-order chi connectivity index (χ1) is 10.6. The van der Waals surface area contributed by atoms with Gasteiger partial charge in [-0.25, -0.2) is 14.6 Å². The van der Waals surface area contributed by atoms with Gasteiger partial charge in [0.05, 0.1) is 6.54 Å². The highest BCUT2D eigenvalue weighted by molar-refractivity contribution is 8.13. The number of alkyl carbamates (subject to hydrolysis) is 1. The number of aliphatic imine (C=N–C) groups is 1. The quantitative estimate of drug-likeness (QED) is 0.619. The van der Waals surface area contributed by atoms with Crippen LogP contribution in [0.5, 0.6) is 0 Å². The minimum Gasteiger partial charge on any atom is -0.480 e. The lowest BCUT2D eigenvalue weighted by atomic mass is 10.2. The zero-order valence-electron chi connectivity index (χ0n) is 13.7. The van der Waals surface area contributed by atoms with Crippen molar-refractivity contribution < 1.29 is 19.4 Å². The SMILES string of the molecule is CSC(=NC(C)C(=O)O)c1csc(CNC(=O)OC(C)(C)C)n1. The second-order valence-electron chi connectivity index (χ2n) is 5.63. The Balaban J connectivity index is 2.70. The molecule has 0 bridgehead atoms. The summed E-state index contributed by atoms with van der Waals surface area (Å²) in [6.07, 6.45) is 1.30. The Morgan fingerprint density at radius 2 is 2.17 bits per heavy atom. The van der Waals surface area contributed by atoms with Gasteiger partial charge in [-0.2, -0.15) is 0 Å². The van der Waals surface area contributed by atoms with Crippen LogP contribution >= 0.6 is 23.1 Å². The Bertz CT molecular complexity index is 593. The molecule has 0 fully saturated rings. The lowest BCUT2D eigenvalue weighted by Gasteiger charge is -2.19. The molecule has 23 heavy (non-hydrogen) atoms. The Kier molecular flexibility index (Phi) is 7.01. The van der Waals surface area contributed by atoms with Gasteiger partial charge in [0.15, 0.2) is 0 Å². The van der Waals surface area contributed by atoms with Gasteiger partial charge in [-0.05, 0) is 34.0 Å². The molecule has 1 heterocycles. The Hall–Kier alpha value is -1.61. The second-order valence-corrected chi connectivity index (χ2v) is 7.37. The van der Waals surface area contributed by atoms with Crippen molar-refractivity contribution in [2.24, 2.45) is 4.99 Å². The maximum atomic E-state index is 11.6. The number of aromatic nitrogens is 1. The molecule has 0 aliphatic heterocycles. The highest BCUT2D eigenvalue weighted by Gasteiger charge is 2.17. The Morgan fingerprint density at radius 3 is 2.70 bits per heavy atom. The molecule has 2 N–H and O–H groups in total. The maximum Gasteiger partial charge on any atom is 0.408 e. The molecule has 0 aliphatic rings. The average molecular weight is 359 g/mol. The molecule has 9 heteroatoms. The van der Waals surface area contributed by atoms with Crippen LogP contribution < -0.4 is 5.32 Å². The summed E-state index contributed by atoms with van der Waals surface area (Å²) in [6, 6.07) is -0.831. The molecule has 0 saturated carbocycles. The van der Waals surface area contributed by atoms with E-state index in [1.165, 1.54) is 30.0 Å². The van der Waals surface area contributed by atoms with Crippen LogP contribution in [-0.4, -0.2) is 45.1 Å². The van der Waals surface area contributed by atoms with Crippen LogP contribution in [0.2, 0.25) is 0 Å². The van der Waals surface area contributed by atoms with Crippen molar-refractivity contribution in [1.82, 2.24) is 10.3 Å². The normalized spacial score (nSPS) is 13.5. The predicted molar refractivity (Wildman–Crippen MR) is 92.3 cm³/mol. The Labute approximate surface area is 143 Å². The minimum atomic E-state index is -0.987. The van der Waals surface area contributed by atoms with E-state index in [4.69, 9.17) is 9.84 Å². The third-order valence-electron chi connectivity index (χ3n) is 2.42. The van der Waals surface area contributed by atoms with Crippen LogP contribution in [-0.2, 0) is 16.1 Å². The summed E-state index contributed by atoms with van der Waals surface area (Å²) >= 11 is 2.70. The van der Waals surface area contributed by atoms with E-state index in [1.54, 1.807) is 26.2 Å². The lowest BCUT2D eigenvalue weighted by Crippen LogP contribution is -2.32. The molecule has 0 saturated heterocycles. The minimum absolute atomic E-state index is 0.246. The standard InChI is InChI=1S/C14H21N3O4S2/c1-8(12(18)19)16-11(22-5)9-7-23-10(17-9)6-15-13(20)21-14(2,3)4/h7-8H,6H2,1-5H3,(H,15,20)(H,18,19). The average Bonchev–Trinajstić information content (AvgIpc) is 2.89. The largest absolute Gasteiger partial charge is 0.480 e. The van der Waals surface area contributed by atoms with E-state index >= 15 is 0 Å². The molecule has 0 radical (unpaired) electrons. The summed E-state index contributed by atoms with van der Waals surface area (Å²) in [6.45, 7) is 7.13. The number of nitrogens with one attached hydrogen (secondary N) is 1. The topological polar surface area (TPSA) is 101 Å². The zero-order valence-corrected chi connectivity index (χ0v) is 15.4. The molecule has 0 aromatic carbocycles. The number of hydrogen-bond acceptors (Lipinski definition) is 7. The number of nitrogens with zero attached hydrogens (tertiary/aromatic N) is 2. The number of rotatable bonds is 5. The number of aliphatic carboxylic acids is 1. The van der Waals surface area contributed by atoms with Crippen molar-refractivity contribution in [1.29, 1.82) is 0 Å². The molecule has 1 aromatic rings. The van der Waals surface area contributed by atoms with Crippen LogP contribution in [0.1, 0.15) is 38.4 Å². The number of amides is 1. The zero-order chi connectivity index (χ0) is 17.6. The number of ether oxygens (including phenoxy) is 1. The number of hydrogen-bond donors (Lipinski definition) is 2. The summed E-state index contributed by atoms with van der Waals surface area (Å²) < 4.78 is 5.15. The number of thiazole rings is 1. The van der Waals surface area contributed by atoms with Crippen molar-refractivity contribution >= 4 is 40.2 Å². The van der Waals surface area contributed by atoms with Gasteiger partial charge in [-0.1, -0.05) is 0 Å². The van der Waals surface area contributed by atoms with Gasteiger partial charge < -0.3 is 15.2 Å². The van der Waals surface area contributed by atoms with Crippen molar-refractivity contribution in [3.63, 3.8) is 0 Å². The van der Waals surface area contributed by atoms with Crippen LogP contribution in [0.4, 0.5) is 4.79 Å². The van der Waals surface area contributed by atoms with Gasteiger partial charge in [-0.15, -0.1) is 23.1 Å². The second kappa shape index (κ2) is 8.30. The Morgan fingerprint density at radius 1 is 1.52 bits per heavy atom. The predicted octanol–water partition coefficient (Wildman–Crippen LogP) is 2.75. The fourth-order valence-electron chi connectivity index (χ4n) is 1.41. The fraction of sp³-hybridized carbons (Fsp3) is 0.571. The van der Waals surface area contributed by atoms with Gasteiger partial charge in [0, 0.05) is 5.38 Å². The van der Waals surface area contributed by atoms with Crippen molar-refractivity contribution in [3.8, 4) is 0 Å². The van der Waals surface area contributed by atoms with Crippen molar-refractivity contribution in [2.45, 2.75) is 45.9 Å². The monoisotopic (exact) mass is 359 g/mol. The van der Waals surface area contributed by atoms with E-state index in [-0.39, 0.29) is 6.54 Å². The number of carboxylic acids is 1. The number of carbonyl (C=O) groups is 2. The van der Waals surface area contributed by atoms with E-state index in [0.29, 0.717) is 15.7 Å². The van der Waals surface area contributed by atoms with Crippen LogP contribution in [0.3, 0.4) is 0 Å². The van der Waals surface area contributed by atoms with Gasteiger partial charge in [0.25, 0.3) is 0 Å². The molecule has 1 aromatic heterocycles. The maximum absolute atomic E-state index is 11.6. The van der Waals surface area contributed by atoms with Gasteiger partial charge in [0.1, 0.15) is 27.4 Å². The smallest absolute Gasteiger partial charge is 0.408 e. The molecule has 0 spiro atoms. The van der Waals surface area contributed by atoms with Crippen LogP contribution in [0.15, 0.2) is 10.4 Å². The molecule has 7 nitrogen and oxygen atoms in total. The van der Waals surface area contributed by atoms with E-state index < -0.39 is 23.7 Å². The van der Waals surface area contributed by atoms with E-state index in [1.807, 2.05) is 6.26 Å². The number of carboxylic acid groups (broad SMARTS) is 1. The fourth-order valence-corrected chi connectivity index (χ4v) is 2.78. The molecule has 128 valence electrons. The number of carbonyl (C=O) groups excluding carboxylic acids is 1. The van der Waals surface area contributed by atoms with Gasteiger partial charge >= 0.3 is 12.1 Å². The van der Waals surface area contributed by atoms with Crippen LogP contribution in [0, 0.1) is 0 Å². The first kappa shape index (κ1) is 19.4. The molecule has 1 amide bonds. The van der Waals surface area contributed by atoms with Crippen molar-refractivity contribution in [3.05, 3.63) is 16.1 Å². The van der Waals surface area contributed by atoms with Crippen molar-refractivity contribution in [2.75, 3.05) is 6.26 Å². The third-order valence-corrected chi connectivity index (χ3v) is 3.97. The molecule has 1 atom stereocenters. The van der Waals surface area contributed by atoms with Gasteiger partial charge in [0.2, 0.25) is 0 Å². The van der Waals surface area contributed by atoms with Gasteiger partial charge in [-0.3, -0.25) is 4.99 Å². The summed E-state index contributed by atoms with van der Waals surface area (Å²) in [4.78, 5) is 31.0. The molecule has 0 aliphatic carbocycles. The van der Waals surface area contributed by atoms with E-state index in [0.717, 1.165) is 0 Å². The third kappa shape index (κ3) is 7.00. The summed E-state index contributed by atoms with van der Waals surface area (Å²) in [5.74, 6) is -0.987. The molecule has 1 unspecified atom stereocenters. The molecule has 1 rings (SSSR count). The lowest BCUT2D eigenvalue weighted by molar-refractivity contribution is -0.137. The van der Waals surface area contributed by atoms with E-state index in [9.17, 15) is 9.59 Å². The highest BCUT2D eigenvalue weighted by Crippen LogP contribution is 2.17. The first-order valence-electron chi connectivity index (χ1n) is 6.88. The highest BCUT2D eigenvalue weighted by atomic mass is 32.2. The summed E-state index contributed by atoms with van der Waals surface area (Å²) in [7, 11) is 0. The number of thioether (sulfide) groups is 1.